The molecule has 1 amide bonds. The van der Waals surface area contributed by atoms with Gasteiger partial charge in [-0.15, -0.1) is 10.2 Å². The zero-order valence-corrected chi connectivity index (χ0v) is 3.96. The molecular formula is C2H5N5O. The lowest BCUT2D eigenvalue weighted by atomic mass is 11.0. The van der Waals surface area contributed by atoms with E-state index < -0.39 is 0 Å². The van der Waals surface area contributed by atoms with Crippen molar-refractivity contribution in [3.05, 3.63) is 0 Å². The van der Waals surface area contributed by atoms with E-state index in [0.29, 0.717) is 6.41 Å². The number of amides is 1. The van der Waals surface area contributed by atoms with Crippen molar-refractivity contribution in [2.75, 3.05) is 0 Å². The van der Waals surface area contributed by atoms with E-state index >= 15 is 0 Å². The number of rotatable bonds is 1. The molecule has 0 unspecified atom stereocenters. The second kappa shape index (κ2) is 3.72. The van der Waals surface area contributed by atoms with Gasteiger partial charge in [-0.2, -0.15) is 0 Å². The number of guanidine groups is 1. The van der Waals surface area contributed by atoms with Crippen LogP contribution < -0.4 is 11.2 Å². The lowest BCUT2D eigenvalue weighted by Crippen LogP contribution is -2.19. The molecule has 6 nitrogen and oxygen atoms in total. The Morgan fingerprint density at radius 1 is 1.88 bits per heavy atom. The number of carbonyl (C=O) groups excluding carboxylic acids is 1. The summed E-state index contributed by atoms with van der Waals surface area (Å²) < 4.78 is 0. The van der Waals surface area contributed by atoms with Crippen molar-refractivity contribution < 1.29 is 4.79 Å². The molecule has 0 radical (unpaired) electrons. The Balaban J connectivity index is 3.71. The fraction of sp³-hybridized carbons (Fsp3) is 0. The molecule has 0 aliphatic rings. The third-order valence-corrected chi connectivity index (χ3v) is 0.416. The summed E-state index contributed by atoms with van der Waals surface area (Å²) in [4.78, 5) is 9.54. The molecule has 0 spiro atoms. The number of nitrogens with one attached hydrogen (secondary N) is 2. The summed E-state index contributed by atoms with van der Waals surface area (Å²) in [5.74, 6) is 4.41. The van der Waals surface area contributed by atoms with Gasteiger partial charge in [-0.25, -0.2) is 5.53 Å². The molecular weight excluding hydrogens is 110 g/mol. The molecule has 8 heavy (non-hydrogen) atoms. The van der Waals surface area contributed by atoms with Crippen LogP contribution in [0.1, 0.15) is 0 Å². The molecule has 0 fully saturated rings. The molecule has 0 saturated carbocycles. The van der Waals surface area contributed by atoms with Gasteiger partial charge in [-0.3, -0.25) is 10.1 Å². The van der Waals surface area contributed by atoms with Crippen LogP contribution in [0, 0.1) is 5.53 Å². The first-order chi connectivity index (χ1) is 3.85. The van der Waals surface area contributed by atoms with Crippen molar-refractivity contribution in [2.24, 2.45) is 16.1 Å². The Bertz CT molecular complexity index is 118. The van der Waals surface area contributed by atoms with Crippen LogP contribution in [0.4, 0.5) is 0 Å². The monoisotopic (exact) mass is 115 g/mol. The first-order valence-corrected chi connectivity index (χ1v) is 1.70. The molecule has 0 aromatic carbocycles. The van der Waals surface area contributed by atoms with Crippen LogP contribution in [0.2, 0.25) is 0 Å². The minimum atomic E-state index is -0.208. The van der Waals surface area contributed by atoms with Crippen molar-refractivity contribution in [2.45, 2.75) is 0 Å². The first kappa shape index (κ1) is 6.54. The van der Waals surface area contributed by atoms with Gasteiger partial charge in [0.1, 0.15) is 0 Å². The zero-order valence-electron chi connectivity index (χ0n) is 3.96. The minimum absolute atomic E-state index is 0.208. The predicted octanol–water partition coefficient (Wildman–Crippen LogP) is -1.01. The van der Waals surface area contributed by atoms with Crippen LogP contribution >= 0.6 is 0 Å². The lowest BCUT2D eigenvalue weighted by Gasteiger charge is -1.87. The van der Waals surface area contributed by atoms with Crippen LogP contribution in [-0.2, 0) is 4.79 Å². The highest BCUT2D eigenvalue weighted by atomic mass is 16.1. The fourth-order valence-electron chi connectivity index (χ4n) is 0.151. The van der Waals surface area contributed by atoms with Gasteiger partial charge >= 0.3 is 0 Å². The Morgan fingerprint density at radius 3 is 2.62 bits per heavy atom. The maximum Gasteiger partial charge on any atom is 0.264 e. The number of nitrogens with two attached hydrogens (primary N) is 1. The van der Waals surface area contributed by atoms with E-state index in [1.54, 1.807) is 0 Å². The first-order valence-electron chi connectivity index (χ1n) is 1.70. The molecule has 0 heterocycles. The fourth-order valence-corrected chi connectivity index (χ4v) is 0.151. The van der Waals surface area contributed by atoms with E-state index in [0.717, 1.165) is 0 Å². The smallest absolute Gasteiger partial charge is 0.264 e. The summed E-state index contributed by atoms with van der Waals surface area (Å²) >= 11 is 0. The van der Waals surface area contributed by atoms with E-state index in [2.05, 4.69) is 16.1 Å². The van der Waals surface area contributed by atoms with E-state index in [1.807, 2.05) is 5.32 Å². The van der Waals surface area contributed by atoms with E-state index in [9.17, 15) is 4.79 Å². The van der Waals surface area contributed by atoms with Crippen LogP contribution in [0.15, 0.2) is 10.2 Å². The molecule has 44 valence electrons. The lowest BCUT2D eigenvalue weighted by molar-refractivity contribution is -0.108. The molecule has 0 rings (SSSR count). The average molecular weight is 115 g/mol. The molecule has 0 saturated heterocycles. The third kappa shape index (κ3) is 1.85. The largest absolute Gasteiger partial charge is 0.320 e. The highest BCUT2D eigenvalue weighted by Crippen LogP contribution is 1.64. The van der Waals surface area contributed by atoms with E-state index in [1.165, 1.54) is 0 Å². The Morgan fingerprint density at radius 2 is 2.50 bits per heavy atom. The molecule has 0 aliphatic heterocycles. The third-order valence-electron chi connectivity index (χ3n) is 0.416. The molecule has 0 aromatic heterocycles. The van der Waals surface area contributed by atoms with Gasteiger partial charge in [0.15, 0.2) is 0 Å². The maximum atomic E-state index is 9.54. The van der Waals surface area contributed by atoms with E-state index in [-0.39, 0.29) is 5.96 Å². The maximum absolute atomic E-state index is 9.54. The second-order valence-corrected chi connectivity index (χ2v) is 0.827. The van der Waals surface area contributed by atoms with Crippen molar-refractivity contribution in [1.29, 1.82) is 5.53 Å². The SMILES string of the molecule is N=N/C(=N\N)NC=O. The topological polar surface area (TPSA) is 104 Å². The number of nitrogens with zero attached hydrogens (tertiary/aromatic N) is 2. The number of hydrogen-bond acceptors (Lipinski definition) is 4. The summed E-state index contributed by atoms with van der Waals surface area (Å²) in [6.07, 6.45) is 0.337. The van der Waals surface area contributed by atoms with Crippen molar-refractivity contribution in [3.8, 4) is 0 Å². The summed E-state index contributed by atoms with van der Waals surface area (Å²) in [6, 6.07) is 0. The molecule has 6 heteroatoms. The van der Waals surface area contributed by atoms with Crippen LogP contribution in [0.25, 0.3) is 0 Å². The summed E-state index contributed by atoms with van der Waals surface area (Å²) in [7, 11) is 0. The molecule has 4 N–H and O–H groups in total. The quantitative estimate of drug-likeness (QED) is 0.102. The van der Waals surface area contributed by atoms with Crippen LogP contribution in [-0.4, -0.2) is 12.4 Å². The molecule has 0 aromatic rings. The zero-order chi connectivity index (χ0) is 6.41. The van der Waals surface area contributed by atoms with Gasteiger partial charge in [-0.1, -0.05) is 0 Å². The standard InChI is InChI=1S/C2H5N5O/c3-6-2(7-4)5-1-8/h1,3H,4H2,(H,5,7,8). The van der Waals surface area contributed by atoms with Gasteiger partial charge in [0.2, 0.25) is 6.41 Å². The minimum Gasteiger partial charge on any atom is -0.320 e. The van der Waals surface area contributed by atoms with Crippen LogP contribution in [0.5, 0.6) is 0 Å². The van der Waals surface area contributed by atoms with E-state index in [4.69, 9.17) is 5.53 Å². The second-order valence-electron chi connectivity index (χ2n) is 0.827. The van der Waals surface area contributed by atoms with Gasteiger partial charge in [0, 0.05) is 0 Å². The molecule has 0 atom stereocenters. The van der Waals surface area contributed by atoms with Crippen molar-refractivity contribution >= 4 is 12.4 Å². The van der Waals surface area contributed by atoms with Crippen molar-refractivity contribution in [3.63, 3.8) is 0 Å². The molecule has 0 aliphatic carbocycles. The highest BCUT2D eigenvalue weighted by Gasteiger charge is 1.86. The Kier molecular flexibility index (Phi) is 3.04. The van der Waals surface area contributed by atoms with Gasteiger partial charge in [0.25, 0.3) is 5.96 Å². The predicted molar refractivity (Wildman–Crippen MR) is 26.0 cm³/mol. The summed E-state index contributed by atoms with van der Waals surface area (Å²) in [5, 5.41) is 7.62. The Labute approximate surface area is 45.3 Å². The summed E-state index contributed by atoms with van der Waals surface area (Å²) in [6.45, 7) is 0. The van der Waals surface area contributed by atoms with Crippen LogP contribution in [0.3, 0.4) is 0 Å². The normalized spacial score (nSPS) is 10.2. The number of hydrogen-bond donors (Lipinski definition) is 3. The van der Waals surface area contributed by atoms with Gasteiger partial charge < -0.3 is 5.84 Å². The molecule has 0 bridgehead atoms. The van der Waals surface area contributed by atoms with Gasteiger partial charge in [0.05, 0.1) is 0 Å². The summed E-state index contributed by atoms with van der Waals surface area (Å²) in [5.41, 5.74) is 6.26. The van der Waals surface area contributed by atoms with Crippen molar-refractivity contribution in [1.82, 2.24) is 5.32 Å². The number of carbonyl (C=O) groups is 1. The Hall–Kier alpha value is -1.46. The highest BCUT2D eigenvalue weighted by molar-refractivity contribution is 5.88. The number of hydrazone groups is 1. The van der Waals surface area contributed by atoms with Gasteiger partial charge in [-0.05, 0) is 0 Å². The average Bonchev–Trinajstić information content (AvgIpc) is 1.83.